The highest BCUT2D eigenvalue weighted by Crippen LogP contribution is 2.47. The summed E-state index contributed by atoms with van der Waals surface area (Å²) < 4.78 is 24.2. The monoisotopic (exact) mass is 472 g/mol. The summed E-state index contributed by atoms with van der Waals surface area (Å²) in [6.07, 6.45) is 1.63. The quantitative estimate of drug-likeness (QED) is 0.625. The minimum atomic E-state index is -0.352. The second kappa shape index (κ2) is 10.0. The number of likely N-dealkylation sites (tertiary alicyclic amines) is 1. The van der Waals surface area contributed by atoms with Crippen LogP contribution in [0, 0.1) is 11.7 Å². The molecule has 2 aliphatic heterocycles. The van der Waals surface area contributed by atoms with Crippen LogP contribution in [-0.4, -0.2) is 60.7 Å². The molecule has 8 heteroatoms. The van der Waals surface area contributed by atoms with Crippen molar-refractivity contribution in [1.82, 2.24) is 9.80 Å². The number of hydrogen-bond donors (Lipinski definition) is 0. The van der Waals surface area contributed by atoms with Gasteiger partial charge in [-0.15, -0.1) is 11.8 Å². The Morgan fingerprint density at radius 3 is 2.42 bits per heavy atom. The highest BCUT2D eigenvalue weighted by molar-refractivity contribution is 8.01. The molecule has 2 saturated heterocycles. The van der Waals surface area contributed by atoms with E-state index in [0.29, 0.717) is 31.1 Å². The number of amides is 2. The molecule has 0 radical (unpaired) electrons. The first-order valence-electron chi connectivity index (χ1n) is 11.1. The van der Waals surface area contributed by atoms with Gasteiger partial charge in [0.25, 0.3) is 5.91 Å². The Balaban J connectivity index is 1.44. The lowest BCUT2D eigenvalue weighted by atomic mass is 9.95. The molecule has 0 unspecified atom stereocenters. The van der Waals surface area contributed by atoms with Crippen molar-refractivity contribution in [3.63, 3.8) is 0 Å². The van der Waals surface area contributed by atoms with Crippen molar-refractivity contribution < 1.29 is 23.5 Å². The van der Waals surface area contributed by atoms with E-state index in [1.807, 2.05) is 34.9 Å². The summed E-state index contributed by atoms with van der Waals surface area (Å²) in [5.41, 5.74) is 1.43. The summed E-state index contributed by atoms with van der Waals surface area (Å²) in [7, 11) is 3.26. The third-order valence-electron chi connectivity index (χ3n) is 6.40. The van der Waals surface area contributed by atoms with Gasteiger partial charge < -0.3 is 19.3 Å². The van der Waals surface area contributed by atoms with Gasteiger partial charge in [-0.25, -0.2) is 4.39 Å². The maximum atomic E-state index is 13.2. The lowest BCUT2D eigenvalue weighted by Gasteiger charge is -2.35. The van der Waals surface area contributed by atoms with E-state index in [2.05, 4.69) is 0 Å². The first kappa shape index (κ1) is 23.4. The summed E-state index contributed by atoms with van der Waals surface area (Å²) in [4.78, 5) is 29.5. The summed E-state index contributed by atoms with van der Waals surface area (Å²) in [6, 6.07) is 11.3. The molecule has 4 rings (SSSR count). The third-order valence-corrected chi connectivity index (χ3v) is 7.77. The van der Waals surface area contributed by atoms with Crippen molar-refractivity contribution in [2.24, 2.45) is 5.92 Å². The number of piperidine rings is 1. The predicted molar refractivity (Wildman–Crippen MR) is 126 cm³/mol. The number of methoxy groups -OCH3 is 2. The summed E-state index contributed by atoms with van der Waals surface area (Å²) >= 11 is 1.62. The number of thioether (sulfide) groups is 1. The third kappa shape index (κ3) is 4.95. The van der Waals surface area contributed by atoms with E-state index in [1.165, 1.54) is 24.3 Å². The van der Waals surface area contributed by atoms with Gasteiger partial charge in [-0.05, 0) is 68.1 Å². The topological polar surface area (TPSA) is 59.1 Å². The fourth-order valence-electron chi connectivity index (χ4n) is 4.51. The van der Waals surface area contributed by atoms with E-state index in [-0.39, 0.29) is 28.3 Å². The van der Waals surface area contributed by atoms with Crippen molar-refractivity contribution in [2.45, 2.75) is 30.4 Å². The van der Waals surface area contributed by atoms with Crippen LogP contribution >= 0.6 is 11.8 Å². The highest BCUT2D eigenvalue weighted by atomic mass is 32.2. The lowest BCUT2D eigenvalue weighted by Crippen LogP contribution is -2.42. The van der Waals surface area contributed by atoms with Crippen LogP contribution in [0.4, 0.5) is 4.39 Å². The zero-order valence-electron chi connectivity index (χ0n) is 19.1. The number of carbonyl (C=O) groups is 2. The largest absolute Gasteiger partial charge is 0.497 e. The van der Waals surface area contributed by atoms with Gasteiger partial charge in [0, 0.05) is 30.8 Å². The molecule has 2 aromatic carbocycles. The van der Waals surface area contributed by atoms with Crippen LogP contribution in [0.1, 0.15) is 41.1 Å². The molecule has 0 aliphatic carbocycles. The Morgan fingerprint density at radius 1 is 1.09 bits per heavy atom. The number of benzene rings is 2. The van der Waals surface area contributed by atoms with Crippen LogP contribution < -0.4 is 9.47 Å². The first-order valence-corrected chi connectivity index (χ1v) is 12.1. The van der Waals surface area contributed by atoms with Crippen LogP contribution in [0.3, 0.4) is 0 Å². The molecule has 0 spiro atoms. The number of hydrogen-bond acceptors (Lipinski definition) is 5. The number of ether oxygens (including phenoxy) is 2. The standard InChI is InChI=1S/C25H29FN2O4S/c1-16-23(29)28(25(33-16)21-14-20(31-2)8-9-22(21)32-3)15-17-10-12-27(13-11-17)24(30)18-4-6-19(26)7-5-18/h4-9,14,16-17,25H,10-13,15H2,1-3H3/t16-,25+/m0/s1. The molecule has 0 N–H and O–H groups in total. The van der Waals surface area contributed by atoms with E-state index in [9.17, 15) is 14.0 Å². The molecule has 6 nitrogen and oxygen atoms in total. The minimum absolute atomic E-state index is 0.0751. The maximum Gasteiger partial charge on any atom is 0.253 e. The van der Waals surface area contributed by atoms with E-state index < -0.39 is 0 Å². The SMILES string of the molecule is COc1ccc(OC)c([C@H]2S[C@@H](C)C(=O)N2CC2CCN(C(=O)c3ccc(F)cc3)CC2)c1. The van der Waals surface area contributed by atoms with E-state index in [1.54, 1.807) is 26.0 Å². The molecule has 0 aromatic heterocycles. The molecule has 176 valence electrons. The molecule has 0 saturated carbocycles. The van der Waals surface area contributed by atoms with Gasteiger partial charge in [-0.2, -0.15) is 0 Å². The van der Waals surface area contributed by atoms with Crippen molar-refractivity contribution in [3.8, 4) is 11.5 Å². The highest BCUT2D eigenvalue weighted by Gasteiger charge is 2.41. The predicted octanol–water partition coefficient (Wildman–Crippen LogP) is 4.36. The van der Waals surface area contributed by atoms with Gasteiger partial charge in [0.2, 0.25) is 5.91 Å². The molecule has 2 aromatic rings. The van der Waals surface area contributed by atoms with Crippen molar-refractivity contribution in [3.05, 3.63) is 59.4 Å². The van der Waals surface area contributed by atoms with E-state index in [0.717, 1.165) is 29.9 Å². The van der Waals surface area contributed by atoms with E-state index >= 15 is 0 Å². The Labute approximate surface area is 198 Å². The molecule has 2 fully saturated rings. The van der Waals surface area contributed by atoms with Gasteiger partial charge in [-0.1, -0.05) is 0 Å². The smallest absolute Gasteiger partial charge is 0.253 e. The Hall–Kier alpha value is -2.74. The van der Waals surface area contributed by atoms with Crippen LogP contribution in [0.25, 0.3) is 0 Å². The number of rotatable bonds is 6. The second-order valence-corrected chi connectivity index (χ2v) is 9.90. The van der Waals surface area contributed by atoms with Crippen molar-refractivity contribution >= 4 is 23.6 Å². The van der Waals surface area contributed by atoms with Gasteiger partial charge in [0.15, 0.2) is 0 Å². The fraction of sp³-hybridized carbons (Fsp3) is 0.440. The zero-order valence-corrected chi connectivity index (χ0v) is 19.9. The van der Waals surface area contributed by atoms with Gasteiger partial charge in [-0.3, -0.25) is 9.59 Å². The van der Waals surface area contributed by atoms with Crippen molar-refractivity contribution in [1.29, 1.82) is 0 Å². The molecule has 2 atom stereocenters. The first-order chi connectivity index (χ1) is 15.9. The normalized spacial score (nSPS) is 21.4. The van der Waals surface area contributed by atoms with Crippen LogP contribution in [0.2, 0.25) is 0 Å². The average molecular weight is 473 g/mol. The van der Waals surface area contributed by atoms with Crippen molar-refractivity contribution in [2.75, 3.05) is 33.9 Å². The fourth-order valence-corrected chi connectivity index (χ4v) is 5.81. The van der Waals surface area contributed by atoms with Crippen LogP contribution in [0.5, 0.6) is 11.5 Å². The molecule has 2 aliphatic rings. The molecule has 2 amide bonds. The summed E-state index contributed by atoms with van der Waals surface area (Å²) in [5, 5.41) is -0.275. The molecule has 0 bridgehead atoms. The maximum absolute atomic E-state index is 13.2. The Morgan fingerprint density at radius 2 is 1.79 bits per heavy atom. The van der Waals surface area contributed by atoms with Gasteiger partial charge >= 0.3 is 0 Å². The molecular weight excluding hydrogens is 443 g/mol. The molecule has 2 heterocycles. The zero-order chi connectivity index (χ0) is 23.5. The van der Waals surface area contributed by atoms with Gasteiger partial charge in [0.05, 0.1) is 19.5 Å². The number of nitrogens with zero attached hydrogens (tertiary/aromatic N) is 2. The minimum Gasteiger partial charge on any atom is -0.497 e. The van der Waals surface area contributed by atoms with Gasteiger partial charge in [0.1, 0.15) is 22.7 Å². The Bertz CT molecular complexity index is 1010. The second-order valence-electron chi connectivity index (χ2n) is 8.47. The lowest BCUT2D eigenvalue weighted by molar-refractivity contribution is -0.130. The summed E-state index contributed by atoms with van der Waals surface area (Å²) in [6.45, 7) is 3.83. The average Bonchev–Trinajstić information content (AvgIpc) is 3.12. The number of carbonyl (C=O) groups excluding carboxylic acids is 2. The van der Waals surface area contributed by atoms with Crippen LogP contribution in [-0.2, 0) is 4.79 Å². The van der Waals surface area contributed by atoms with Crippen LogP contribution in [0.15, 0.2) is 42.5 Å². The summed E-state index contributed by atoms with van der Waals surface area (Å²) in [5.74, 6) is 1.46. The molecular formula is C25H29FN2O4S. The Kier molecular flexibility index (Phi) is 7.12. The number of halogens is 1. The van der Waals surface area contributed by atoms with E-state index in [4.69, 9.17) is 9.47 Å². The molecule has 33 heavy (non-hydrogen) atoms.